The van der Waals surface area contributed by atoms with Gasteiger partial charge in [0.05, 0.1) is 22.4 Å². The Hall–Kier alpha value is -2.56. The van der Waals surface area contributed by atoms with Crippen LogP contribution >= 0.6 is 0 Å². The number of hydrogen-bond acceptors (Lipinski definition) is 5. The molecule has 0 saturated carbocycles. The van der Waals surface area contributed by atoms with Gasteiger partial charge in [0.1, 0.15) is 11.3 Å². The summed E-state index contributed by atoms with van der Waals surface area (Å²) in [6.07, 6.45) is 0. The topological polar surface area (TPSA) is 117 Å². The number of furan rings is 1. The van der Waals surface area contributed by atoms with Crippen molar-refractivity contribution < 1.29 is 4.42 Å². The van der Waals surface area contributed by atoms with Crippen molar-refractivity contribution in [3.63, 3.8) is 0 Å². The molecule has 3 rings (SSSR count). The van der Waals surface area contributed by atoms with Crippen LogP contribution in [0.15, 0.2) is 28.7 Å². The SMILES string of the molecule is Nc1c(N)c(N)c2c(oc3ccccc32)c1N. The molecule has 2 aromatic carbocycles. The normalized spacial score (nSPS) is 11.3. The molecule has 17 heavy (non-hydrogen) atoms. The van der Waals surface area contributed by atoms with Crippen molar-refractivity contribution in [2.75, 3.05) is 22.9 Å². The molecule has 1 heterocycles. The van der Waals surface area contributed by atoms with Crippen molar-refractivity contribution >= 4 is 44.7 Å². The molecular weight excluding hydrogens is 216 g/mol. The molecule has 8 N–H and O–H groups in total. The Balaban J connectivity index is 2.67. The Bertz CT molecular complexity index is 745. The number of hydrogen-bond donors (Lipinski definition) is 4. The monoisotopic (exact) mass is 228 g/mol. The van der Waals surface area contributed by atoms with Crippen molar-refractivity contribution in [1.82, 2.24) is 0 Å². The van der Waals surface area contributed by atoms with Crippen molar-refractivity contribution in [2.45, 2.75) is 0 Å². The van der Waals surface area contributed by atoms with E-state index in [1.165, 1.54) is 0 Å². The van der Waals surface area contributed by atoms with E-state index in [-0.39, 0.29) is 5.69 Å². The summed E-state index contributed by atoms with van der Waals surface area (Å²) in [6.45, 7) is 0. The Kier molecular flexibility index (Phi) is 1.69. The van der Waals surface area contributed by atoms with E-state index in [1.807, 2.05) is 24.3 Å². The molecule has 0 spiro atoms. The van der Waals surface area contributed by atoms with Gasteiger partial charge in [0.2, 0.25) is 0 Å². The average molecular weight is 228 g/mol. The highest BCUT2D eigenvalue weighted by molar-refractivity contribution is 6.20. The highest BCUT2D eigenvalue weighted by Gasteiger charge is 2.17. The van der Waals surface area contributed by atoms with Crippen LogP contribution in [-0.4, -0.2) is 0 Å². The predicted molar refractivity (Wildman–Crippen MR) is 71.4 cm³/mol. The molecule has 5 heteroatoms. The van der Waals surface area contributed by atoms with Crippen LogP contribution in [0.2, 0.25) is 0 Å². The Morgan fingerprint density at radius 2 is 1.41 bits per heavy atom. The number of anilines is 4. The average Bonchev–Trinajstić information content (AvgIpc) is 2.73. The van der Waals surface area contributed by atoms with E-state index in [9.17, 15) is 0 Å². The Morgan fingerprint density at radius 1 is 0.765 bits per heavy atom. The lowest BCUT2D eigenvalue weighted by molar-refractivity contribution is 0.670. The fourth-order valence-corrected chi connectivity index (χ4v) is 2.05. The van der Waals surface area contributed by atoms with Gasteiger partial charge in [-0.2, -0.15) is 0 Å². The van der Waals surface area contributed by atoms with Gasteiger partial charge in [-0.1, -0.05) is 18.2 Å². The number of rotatable bonds is 0. The third kappa shape index (κ3) is 1.08. The first-order valence-corrected chi connectivity index (χ1v) is 5.14. The molecule has 3 aromatic rings. The molecule has 1 aromatic heterocycles. The van der Waals surface area contributed by atoms with Gasteiger partial charge in [-0.05, 0) is 6.07 Å². The second-order valence-corrected chi connectivity index (χ2v) is 3.96. The van der Waals surface area contributed by atoms with Gasteiger partial charge in [0, 0.05) is 5.39 Å². The second kappa shape index (κ2) is 2.98. The highest BCUT2D eigenvalue weighted by Crippen LogP contribution is 2.43. The summed E-state index contributed by atoms with van der Waals surface area (Å²) in [5.74, 6) is 0. The Morgan fingerprint density at radius 3 is 2.18 bits per heavy atom. The van der Waals surface area contributed by atoms with Crippen LogP contribution in [0.25, 0.3) is 21.9 Å². The minimum absolute atomic E-state index is 0.272. The van der Waals surface area contributed by atoms with E-state index in [2.05, 4.69) is 0 Å². The third-order valence-electron chi connectivity index (χ3n) is 2.98. The van der Waals surface area contributed by atoms with E-state index in [0.717, 1.165) is 10.8 Å². The first-order valence-electron chi connectivity index (χ1n) is 5.14. The van der Waals surface area contributed by atoms with E-state index in [4.69, 9.17) is 27.4 Å². The van der Waals surface area contributed by atoms with Gasteiger partial charge in [0.15, 0.2) is 5.58 Å². The molecular formula is C12H12N4O. The predicted octanol–water partition coefficient (Wildman–Crippen LogP) is 1.91. The third-order valence-corrected chi connectivity index (χ3v) is 2.98. The number of para-hydroxylation sites is 1. The summed E-state index contributed by atoms with van der Waals surface area (Å²) in [4.78, 5) is 0. The van der Waals surface area contributed by atoms with E-state index >= 15 is 0 Å². The van der Waals surface area contributed by atoms with Gasteiger partial charge in [-0.15, -0.1) is 0 Å². The summed E-state index contributed by atoms with van der Waals surface area (Å²) in [5, 5.41) is 1.61. The maximum atomic E-state index is 5.98. The summed E-state index contributed by atoms with van der Waals surface area (Å²) in [7, 11) is 0. The van der Waals surface area contributed by atoms with Crippen molar-refractivity contribution in [3.8, 4) is 0 Å². The zero-order valence-electron chi connectivity index (χ0n) is 9.03. The lowest BCUT2D eigenvalue weighted by Crippen LogP contribution is -2.04. The van der Waals surface area contributed by atoms with E-state index in [1.54, 1.807) is 0 Å². The first kappa shape index (κ1) is 9.65. The van der Waals surface area contributed by atoms with Crippen LogP contribution in [0, 0.1) is 0 Å². The number of benzene rings is 2. The molecule has 0 radical (unpaired) electrons. The van der Waals surface area contributed by atoms with Crippen LogP contribution < -0.4 is 22.9 Å². The van der Waals surface area contributed by atoms with Crippen LogP contribution in [0.3, 0.4) is 0 Å². The quantitative estimate of drug-likeness (QED) is 0.438. The lowest BCUT2D eigenvalue weighted by Gasteiger charge is -2.08. The summed E-state index contributed by atoms with van der Waals surface area (Å²) < 4.78 is 5.66. The maximum Gasteiger partial charge on any atom is 0.162 e. The molecule has 0 aliphatic carbocycles. The molecule has 5 nitrogen and oxygen atoms in total. The molecule has 0 bridgehead atoms. The largest absolute Gasteiger partial charge is 0.454 e. The van der Waals surface area contributed by atoms with Gasteiger partial charge in [-0.25, -0.2) is 0 Å². The maximum absolute atomic E-state index is 5.98. The van der Waals surface area contributed by atoms with Crippen LogP contribution in [0.4, 0.5) is 22.7 Å². The molecule has 0 saturated heterocycles. The summed E-state index contributed by atoms with van der Waals surface area (Å²) in [6, 6.07) is 7.54. The van der Waals surface area contributed by atoms with Gasteiger partial charge in [0.25, 0.3) is 0 Å². The van der Waals surface area contributed by atoms with E-state index in [0.29, 0.717) is 28.2 Å². The zero-order chi connectivity index (χ0) is 12.2. The molecule has 0 fully saturated rings. The standard InChI is InChI=1S/C12H12N4O/c13-8-7-5-3-1-2-4-6(5)17-12(7)11(16)10(15)9(8)14/h1-4H,13-16H2. The van der Waals surface area contributed by atoms with Gasteiger partial charge >= 0.3 is 0 Å². The molecule has 0 unspecified atom stereocenters. The molecule has 0 aliphatic rings. The number of nitrogen functional groups attached to an aromatic ring is 4. The summed E-state index contributed by atoms with van der Waals surface area (Å²) >= 11 is 0. The highest BCUT2D eigenvalue weighted by atomic mass is 16.3. The smallest absolute Gasteiger partial charge is 0.162 e. The number of fused-ring (bicyclic) bond motifs is 3. The van der Waals surface area contributed by atoms with E-state index < -0.39 is 0 Å². The second-order valence-electron chi connectivity index (χ2n) is 3.96. The van der Waals surface area contributed by atoms with Crippen LogP contribution in [0.1, 0.15) is 0 Å². The van der Waals surface area contributed by atoms with Gasteiger partial charge < -0.3 is 27.4 Å². The van der Waals surface area contributed by atoms with Crippen LogP contribution in [0.5, 0.6) is 0 Å². The summed E-state index contributed by atoms with van der Waals surface area (Å²) in [5.41, 5.74) is 26.0. The fraction of sp³-hybridized carbons (Fsp3) is 0. The molecule has 0 aliphatic heterocycles. The molecule has 0 atom stereocenters. The van der Waals surface area contributed by atoms with Crippen molar-refractivity contribution in [1.29, 1.82) is 0 Å². The minimum Gasteiger partial charge on any atom is -0.454 e. The zero-order valence-corrected chi connectivity index (χ0v) is 9.03. The van der Waals surface area contributed by atoms with Crippen molar-refractivity contribution in [3.05, 3.63) is 24.3 Å². The lowest BCUT2D eigenvalue weighted by atomic mass is 10.1. The van der Waals surface area contributed by atoms with Gasteiger partial charge in [-0.3, -0.25) is 0 Å². The first-order chi connectivity index (χ1) is 8.11. The molecule has 0 amide bonds. The Labute approximate surface area is 96.9 Å². The fourth-order valence-electron chi connectivity index (χ4n) is 2.05. The molecule has 86 valence electrons. The number of nitrogens with two attached hydrogens (primary N) is 4. The van der Waals surface area contributed by atoms with Crippen molar-refractivity contribution in [2.24, 2.45) is 0 Å². The van der Waals surface area contributed by atoms with Crippen LogP contribution in [-0.2, 0) is 0 Å². The minimum atomic E-state index is 0.272.